The van der Waals surface area contributed by atoms with Crippen molar-refractivity contribution in [3.63, 3.8) is 0 Å². The molecular formula is C22H24N6O4. The lowest BCUT2D eigenvalue weighted by atomic mass is 10.0. The van der Waals surface area contributed by atoms with Gasteiger partial charge in [0.1, 0.15) is 18.4 Å². The van der Waals surface area contributed by atoms with Crippen molar-refractivity contribution < 1.29 is 19.1 Å². The third-order valence-electron chi connectivity index (χ3n) is 4.57. The van der Waals surface area contributed by atoms with E-state index in [0.29, 0.717) is 11.4 Å². The fourth-order valence-corrected chi connectivity index (χ4v) is 3.01. The summed E-state index contributed by atoms with van der Waals surface area (Å²) in [4.78, 5) is 40.0. The molecule has 0 aliphatic heterocycles. The fourth-order valence-electron chi connectivity index (χ4n) is 3.01. The van der Waals surface area contributed by atoms with Crippen LogP contribution < -0.4 is 20.7 Å². The van der Waals surface area contributed by atoms with E-state index >= 15 is 0 Å². The van der Waals surface area contributed by atoms with Gasteiger partial charge in [-0.2, -0.15) is 5.10 Å². The van der Waals surface area contributed by atoms with Crippen molar-refractivity contribution in [2.45, 2.75) is 19.4 Å². The van der Waals surface area contributed by atoms with Crippen molar-refractivity contribution >= 4 is 23.4 Å². The number of hydrogen-bond acceptors (Lipinski definition) is 6. The van der Waals surface area contributed by atoms with Crippen LogP contribution in [0, 0.1) is 0 Å². The molecule has 3 amide bonds. The van der Waals surface area contributed by atoms with Crippen LogP contribution in [0.25, 0.3) is 5.69 Å². The number of nitrogens with zero attached hydrogens (tertiary/aromatic N) is 3. The Kier molecular flexibility index (Phi) is 7.52. The number of nitrogens with one attached hydrogen (secondary N) is 3. The molecule has 1 aromatic heterocycles. The van der Waals surface area contributed by atoms with E-state index in [1.165, 1.54) is 13.3 Å². The van der Waals surface area contributed by atoms with Gasteiger partial charge < -0.3 is 20.7 Å². The Bertz CT molecular complexity index is 1050. The zero-order valence-electron chi connectivity index (χ0n) is 17.7. The minimum Gasteiger partial charge on any atom is -0.497 e. The maximum absolute atomic E-state index is 12.4. The molecule has 0 radical (unpaired) electrons. The largest absolute Gasteiger partial charge is 0.497 e. The van der Waals surface area contributed by atoms with Crippen LogP contribution in [0.5, 0.6) is 5.75 Å². The topological polar surface area (TPSA) is 127 Å². The maximum Gasteiger partial charge on any atom is 0.243 e. The normalized spacial score (nSPS) is 11.3. The standard InChI is InChI=1S/C22H24N6O4/c1-15(29)26-20(16-3-9-19(32-2)10-4-16)11-21(30)24-12-22(31)27-17-5-7-18(8-6-17)28-14-23-13-25-28/h3-10,13-14,20H,11-12H2,1-2H3,(H,24,30)(H,26,29)(H,27,31). The van der Waals surface area contributed by atoms with Gasteiger partial charge in [-0.15, -0.1) is 0 Å². The second-order valence-corrected chi connectivity index (χ2v) is 6.94. The molecule has 0 aliphatic carbocycles. The molecule has 1 atom stereocenters. The Hall–Kier alpha value is -4.21. The number of benzene rings is 2. The molecule has 0 fully saturated rings. The summed E-state index contributed by atoms with van der Waals surface area (Å²) < 4.78 is 6.73. The molecule has 0 saturated heterocycles. The molecule has 2 aromatic carbocycles. The third kappa shape index (κ3) is 6.39. The fraction of sp³-hybridized carbons (Fsp3) is 0.227. The molecule has 10 heteroatoms. The first-order valence-corrected chi connectivity index (χ1v) is 9.87. The van der Waals surface area contributed by atoms with Crippen LogP contribution in [-0.2, 0) is 14.4 Å². The van der Waals surface area contributed by atoms with Gasteiger partial charge in [0.2, 0.25) is 17.7 Å². The van der Waals surface area contributed by atoms with E-state index in [-0.39, 0.29) is 30.7 Å². The lowest BCUT2D eigenvalue weighted by molar-refractivity contribution is -0.125. The highest BCUT2D eigenvalue weighted by Crippen LogP contribution is 2.20. The first-order valence-electron chi connectivity index (χ1n) is 9.87. The number of rotatable bonds is 9. The number of amides is 3. The quantitative estimate of drug-likeness (QED) is 0.468. The molecule has 32 heavy (non-hydrogen) atoms. The van der Waals surface area contributed by atoms with E-state index in [1.54, 1.807) is 66.6 Å². The molecule has 0 aliphatic rings. The number of ether oxygens (including phenoxy) is 1. The first kappa shape index (κ1) is 22.5. The molecule has 0 saturated carbocycles. The summed E-state index contributed by atoms with van der Waals surface area (Å²) in [5.74, 6) is -0.319. The van der Waals surface area contributed by atoms with E-state index < -0.39 is 6.04 Å². The van der Waals surface area contributed by atoms with Crippen molar-refractivity contribution in [2.24, 2.45) is 0 Å². The molecule has 0 spiro atoms. The highest BCUT2D eigenvalue weighted by Gasteiger charge is 2.18. The highest BCUT2D eigenvalue weighted by molar-refractivity contribution is 5.94. The van der Waals surface area contributed by atoms with E-state index in [9.17, 15) is 14.4 Å². The summed E-state index contributed by atoms with van der Waals surface area (Å²) in [5.41, 5.74) is 2.15. The van der Waals surface area contributed by atoms with Crippen molar-refractivity contribution in [1.29, 1.82) is 0 Å². The van der Waals surface area contributed by atoms with E-state index in [4.69, 9.17) is 4.74 Å². The summed E-state index contributed by atoms with van der Waals surface area (Å²) in [5, 5.41) is 12.1. The summed E-state index contributed by atoms with van der Waals surface area (Å²) in [6.45, 7) is 1.19. The molecule has 0 bridgehead atoms. The Morgan fingerprint density at radius 1 is 1.03 bits per heavy atom. The Balaban J connectivity index is 1.51. The Morgan fingerprint density at radius 3 is 2.34 bits per heavy atom. The van der Waals surface area contributed by atoms with Crippen LogP contribution in [0.4, 0.5) is 5.69 Å². The smallest absolute Gasteiger partial charge is 0.243 e. The predicted octanol–water partition coefficient (Wildman–Crippen LogP) is 1.60. The maximum atomic E-state index is 12.4. The number of hydrogen-bond donors (Lipinski definition) is 3. The van der Waals surface area contributed by atoms with Crippen LogP contribution in [0.3, 0.4) is 0 Å². The van der Waals surface area contributed by atoms with Gasteiger partial charge in [-0.25, -0.2) is 9.67 Å². The van der Waals surface area contributed by atoms with Crippen LogP contribution in [-0.4, -0.2) is 46.1 Å². The van der Waals surface area contributed by atoms with E-state index in [2.05, 4.69) is 26.0 Å². The monoisotopic (exact) mass is 436 g/mol. The molecule has 10 nitrogen and oxygen atoms in total. The molecule has 166 valence electrons. The van der Waals surface area contributed by atoms with Gasteiger partial charge in [-0.1, -0.05) is 12.1 Å². The van der Waals surface area contributed by atoms with Crippen molar-refractivity contribution in [3.8, 4) is 11.4 Å². The second-order valence-electron chi connectivity index (χ2n) is 6.94. The van der Waals surface area contributed by atoms with Crippen LogP contribution in [0.15, 0.2) is 61.2 Å². The SMILES string of the molecule is COc1ccc(C(CC(=O)NCC(=O)Nc2ccc(-n3cncn3)cc2)NC(C)=O)cc1. The average molecular weight is 436 g/mol. The molecule has 3 N–H and O–H groups in total. The molecule has 3 rings (SSSR count). The predicted molar refractivity (Wildman–Crippen MR) is 117 cm³/mol. The molecule has 3 aromatic rings. The molecule has 1 unspecified atom stereocenters. The van der Waals surface area contributed by atoms with Gasteiger partial charge >= 0.3 is 0 Å². The van der Waals surface area contributed by atoms with Crippen LogP contribution >= 0.6 is 0 Å². The minimum atomic E-state index is -0.522. The van der Waals surface area contributed by atoms with Crippen molar-refractivity contribution in [2.75, 3.05) is 19.0 Å². The number of aromatic nitrogens is 3. The van der Waals surface area contributed by atoms with Gasteiger partial charge in [-0.3, -0.25) is 14.4 Å². The van der Waals surface area contributed by atoms with E-state index in [1.807, 2.05) is 0 Å². The Morgan fingerprint density at radius 2 is 1.75 bits per heavy atom. The van der Waals surface area contributed by atoms with Gasteiger partial charge in [0, 0.05) is 12.6 Å². The number of anilines is 1. The minimum absolute atomic E-state index is 0.00814. The first-order chi connectivity index (χ1) is 15.4. The summed E-state index contributed by atoms with van der Waals surface area (Å²) >= 11 is 0. The lowest BCUT2D eigenvalue weighted by Crippen LogP contribution is -2.36. The van der Waals surface area contributed by atoms with Gasteiger partial charge in [0.25, 0.3) is 0 Å². The second kappa shape index (κ2) is 10.7. The number of carbonyl (C=O) groups excluding carboxylic acids is 3. The summed E-state index contributed by atoms with van der Waals surface area (Å²) in [6, 6.07) is 13.6. The molecular weight excluding hydrogens is 412 g/mol. The van der Waals surface area contributed by atoms with Crippen LogP contribution in [0.1, 0.15) is 24.9 Å². The third-order valence-corrected chi connectivity index (χ3v) is 4.57. The summed E-state index contributed by atoms with van der Waals surface area (Å²) in [6.07, 6.45) is 3.00. The van der Waals surface area contributed by atoms with Crippen LogP contribution in [0.2, 0.25) is 0 Å². The number of methoxy groups -OCH3 is 1. The summed E-state index contributed by atoms with van der Waals surface area (Å²) in [7, 11) is 1.56. The Labute approximate surface area is 185 Å². The van der Waals surface area contributed by atoms with Gasteiger partial charge in [0.05, 0.1) is 31.8 Å². The van der Waals surface area contributed by atoms with Gasteiger partial charge in [0.15, 0.2) is 0 Å². The van der Waals surface area contributed by atoms with Crippen molar-refractivity contribution in [3.05, 3.63) is 66.7 Å². The zero-order chi connectivity index (χ0) is 22.9. The van der Waals surface area contributed by atoms with E-state index in [0.717, 1.165) is 11.3 Å². The van der Waals surface area contributed by atoms with Crippen molar-refractivity contribution in [1.82, 2.24) is 25.4 Å². The zero-order valence-corrected chi connectivity index (χ0v) is 17.7. The lowest BCUT2D eigenvalue weighted by Gasteiger charge is -2.18. The number of carbonyl (C=O) groups is 3. The molecule has 1 heterocycles. The average Bonchev–Trinajstić information content (AvgIpc) is 3.32. The highest BCUT2D eigenvalue weighted by atomic mass is 16.5. The van der Waals surface area contributed by atoms with Gasteiger partial charge in [-0.05, 0) is 42.0 Å².